The molecule has 224 valence electrons. The van der Waals surface area contributed by atoms with E-state index in [0.717, 1.165) is 82.5 Å². The average Bonchev–Trinajstić information content (AvgIpc) is 3.73. The normalized spacial score (nSPS) is 11.8. The van der Waals surface area contributed by atoms with E-state index in [0.29, 0.717) is 17.5 Å². The van der Waals surface area contributed by atoms with Gasteiger partial charge in [-0.25, -0.2) is 15.0 Å². The van der Waals surface area contributed by atoms with Crippen LogP contribution < -0.4 is 0 Å². The number of fused-ring (bicyclic) bond motifs is 7. The minimum Gasteiger partial charge on any atom is -0.456 e. The van der Waals surface area contributed by atoms with E-state index in [9.17, 15) is 0 Å². The maximum absolute atomic E-state index is 6.46. The lowest BCUT2D eigenvalue weighted by atomic mass is 9.97. The van der Waals surface area contributed by atoms with E-state index in [2.05, 4.69) is 78.9 Å². The molecule has 0 spiro atoms. The zero-order chi connectivity index (χ0) is 31.6. The number of rotatable bonds is 4. The highest BCUT2D eigenvalue weighted by Gasteiger charge is 2.20. The highest BCUT2D eigenvalue weighted by atomic mass is 16.3. The number of nitrogens with zero attached hydrogens (tertiary/aromatic N) is 3. The van der Waals surface area contributed by atoms with Gasteiger partial charge in [-0.2, -0.15) is 0 Å². The van der Waals surface area contributed by atoms with Gasteiger partial charge in [-0.1, -0.05) is 115 Å². The van der Waals surface area contributed by atoms with Crippen molar-refractivity contribution in [2.24, 2.45) is 0 Å². The van der Waals surface area contributed by atoms with Gasteiger partial charge in [0.2, 0.25) is 0 Å². The Hall–Kier alpha value is -6.59. The zero-order valence-corrected chi connectivity index (χ0v) is 25.6. The number of para-hydroxylation sites is 3. The van der Waals surface area contributed by atoms with Crippen molar-refractivity contribution in [1.82, 2.24) is 15.0 Å². The van der Waals surface area contributed by atoms with Gasteiger partial charge >= 0.3 is 0 Å². The summed E-state index contributed by atoms with van der Waals surface area (Å²) < 4.78 is 12.9. The third-order valence-electron chi connectivity index (χ3n) is 9.11. The van der Waals surface area contributed by atoms with Crippen LogP contribution >= 0.6 is 0 Å². The molecule has 0 bridgehead atoms. The number of benzene rings is 7. The second kappa shape index (κ2) is 10.5. The minimum atomic E-state index is 0.541. The highest BCUT2D eigenvalue weighted by Crippen LogP contribution is 2.41. The molecule has 3 aromatic heterocycles. The van der Waals surface area contributed by atoms with Gasteiger partial charge in [0, 0.05) is 32.7 Å². The molecule has 0 aliphatic heterocycles. The molecular formula is C43H25N3O2. The van der Waals surface area contributed by atoms with Crippen molar-refractivity contribution in [3.8, 4) is 45.3 Å². The van der Waals surface area contributed by atoms with Crippen LogP contribution in [0.4, 0.5) is 0 Å². The van der Waals surface area contributed by atoms with E-state index >= 15 is 0 Å². The van der Waals surface area contributed by atoms with Crippen LogP contribution in [0.1, 0.15) is 0 Å². The van der Waals surface area contributed by atoms with Gasteiger partial charge < -0.3 is 8.83 Å². The van der Waals surface area contributed by atoms with Crippen LogP contribution in [-0.4, -0.2) is 15.0 Å². The molecule has 10 rings (SSSR count). The molecule has 10 aromatic rings. The van der Waals surface area contributed by atoms with Gasteiger partial charge in [0.05, 0.1) is 5.56 Å². The monoisotopic (exact) mass is 615 g/mol. The molecule has 0 aliphatic carbocycles. The predicted octanol–water partition coefficient (Wildman–Crippen LogP) is 11.5. The largest absolute Gasteiger partial charge is 0.456 e. The first-order valence-electron chi connectivity index (χ1n) is 15.9. The Labute approximate surface area is 274 Å². The summed E-state index contributed by atoms with van der Waals surface area (Å²) >= 11 is 0. The molecule has 0 amide bonds. The molecule has 0 aliphatic rings. The van der Waals surface area contributed by atoms with Crippen molar-refractivity contribution in [1.29, 1.82) is 0 Å². The number of hydrogen-bond donors (Lipinski definition) is 0. The lowest BCUT2D eigenvalue weighted by Gasteiger charge is -2.11. The van der Waals surface area contributed by atoms with Crippen LogP contribution in [0.5, 0.6) is 0 Å². The van der Waals surface area contributed by atoms with Crippen LogP contribution in [0.3, 0.4) is 0 Å². The second-order valence-electron chi connectivity index (χ2n) is 12.0. The molecule has 0 N–H and O–H groups in total. The Balaban J connectivity index is 1.26. The summed E-state index contributed by atoms with van der Waals surface area (Å²) in [5.41, 5.74) is 7.89. The molecule has 7 aromatic carbocycles. The number of furan rings is 2. The SMILES string of the molecule is c1ccc(-c2cc(-c3nc(-c4ccc5ccccc5c4)nc(-c4cccc5c4oc4ccccc45)n3)cc3oc4ccccc4c23)cc1. The van der Waals surface area contributed by atoms with Gasteiger partial charge in [0.1, 0.15) is 22.3 Å². The smallest absolute Gasteiger partial charge is 0.167 e. The fourth-order valence-electron chi connectivity index (χ4n) is 6.84. The van der Waals surface area contributed by atoms with Crippen LogP contribution in [0.25, 0.3) is 99.9 Å². The van der Waals surface area contributed by atoms with Crippen molar-refractivity contribution >= 4 is 54.6 Å². The molecule has 5 heteroatoms. The van der Waals surface area contributed by atoms with Crippen molar-refractivity contribution in [3.05, 3.63) is 152 Å². The lowest BCUT2D eigenvalue weighted by Crippen LogP contribution is -2.00. The first kappa shape index (κ1) is 26.6. The summed E-state index contributed by atoms with van der Waals surface area (Å²) in [5.74, 6) is 1.68. The highest BCUT2D eigenvalue weighted by molar-refractivity contribution is 6.14. The van der Waals surface area contributed by atoms with E-state index in [1.54, 1.807) is 0 Å². The van der Waals surface area contributed by atoms with Gasteiger partial charge in [-0.15, -0.1) is 0 Å². The topological polar surface area (TPSA) is 65.0 Å². The molecule has 0 saturated carbocycles. The van der Waals surface area contributed by atoms with Crippen LogP contribution in [-0.2, 0) is 0 Å². The standard InChI is InChI=1S/C43H25N3O2/c1-2-12-27(13-3-1)35-24-30(25-38-39(35)33-16-7-9-20-37(33)47-38)42-44-41(29-22-21-26-11-4-5-14-28(26)23-29)45-43(46-42)34-18-10-17-32-31-15-6-8-19-36(31)48-40(32)34/h1-25H. The quantitative estimate of drug-likeness (QED) is 0.197. The summed E-state index contributed by atoms with van der Waals surface area (Å²) in [7, 11) is 0. The molecule has 48 heavy (non-hydrogen) atoms. The maximum atomic E-state index is 6.46. The molecule has 5 nitrogen and oxygen atoms in total. The number of hydrogen-bond acceptors (Lipinski definition) is 5. The number of aromatic nitrogens is 3. The van der Waals surface area contributed by atoms with Crippen molar-refractivity contribution in [2.75, 3.05) is 0 Å². The first-order chi connectivity index (χ1) is 23.8. The Bertz CT molecular complexity index is 2850. The van der Waals surface area contributed by atoms with E-state index in [1.165, 1.54) is 0 Å². The van der Waals surface area contributed by atoms with Gasteiger partial charge in [0.25, 0.3) is 0 Å². The van der Waals surface area contributed by atoms with Crippen molar-refractivity contribution in [2.45, 2.75) is 0 Å². The summed E-state index contributed by atoms with van der Waals surface area (Å²) in [5, 5.41) is 6.49. The summed E-state index contributed by atoms with van der Waals surface area (Å²) in [6.07, 6.45) is 0. The van der Waals surface area contributed by atoms with Crippen LogP contribution in [0, 0.1) is 0 Å². The van der Waals surface area contributed by atoms with Crippen LogP contribution in [0.15, 0.2) is 160 Å². The second-order valence-corrected chi connectivity index (χ2v) is 12.0. The van der Waals surface area contributed by atoms with E-state index in [1.807, 2.05) is 72.8 Å². The molecule has 0 unspecified atom stereocenters. The van der Waals surface area contributed by atoms with Gasteiger partial charge in [-0.05, 0) is 58.3 Å². The fraction of sp³-hybridized carbons (Fsp3) is 0. The van der Waals surface area contributed by atoms with Gasteiger partial charge in [-0.3, -0.25) is 0 Å². The third kappa shape index (κ3) is 4.22. The third-order valence-corrected chi connectivity index (χ3v) is 9.11. The first-order valence-corrected chi connectivity index (χ1v) is 15.9. The molecule has 0 atom stereocenters. The molecule has 0 radical (unpaired) electrons. The molecule has 3 heterocycles. The van der Waals surface area contributed by atoms with Crippen molar-refractivity contribution < 1.29 is 8.83 Å². The Morgan fingerprint density at radius 2 is 1.02 bits per heavy atom. The summed E-state index contributed by atoms with van der Waals surface area (Å²) in [6.45, 7) is 0. The van der Waals surface area contributed by atoms with E-state index < -0.39 is 0 Å². The van der Waals surface area contributed by atoms with Crippen LogP contribution in [0.2, 0.25) is 0 Å². The predicted molar refractivity (Wildman–Crippen MR) is 194 cm³/mol. The maximum Gasteiger partial charge on any atom is 0.167 e. The molecular weight excluding hydrogens is 590 g/mol. The summed E-state index contributed by atoms with van der Waals surface area (Å²) in [4.78, 5) is 15.4. The fourth-order valence-corrected chi connectivity index (χ4v) is 6.84. The van der Waals surface area contributed by atoms with E-state index in [4.69, 9.17) is 23.8 Å². The minimum absolute atomic E-state index is 0.541. The summed E-state index contributed by atoms with van der Waals surface area (Å²) in [6, 6.07) is 51.7. The molecule has 0 fully saturated rings. The van der Waals surface area contributed by atoms with E-state index in [-0.39, 0.29) is 0 Å². The Morgan fingerprint density at radius 1 is 0.354 bits per heavy atom. The van der Waals surface area contributed by atoms with Crippen molar-refractivity contribution in [3.63, 3.8) is 0 Å². The zero-order valence-electron chi connectivity index (χ0n) is 25.6. The average molecular weight is 616 g/mol. The lowest BCUT2D eigenvalue weighted by molar-refractivity contribution is 0.668. The van der Waals surface area contributed by atoms with Gasteiger partial charge in [0.15, 0.2) is 17.5 Å². The Morgan fingerprint density at radius 3 is 1.88 bits per heavy atom. The molecule has 0 saturated heterocycles. The Kier molecular flexibility index (Phi) is 5.81.